The SMILES string of the molecule is CCN[C@H](C(=O)N[C@H](C(=O)N(C)[C@H](/C=C(\C)C(=O)O)C(C)C)C(C)(C)C)C(CC)(CC)c1ccccc1. The Morgan fingerprint density at radius 3 is 1.95 bits per heavy atom. The van der Waals surface area contributed by atoms with Crippen LogP contribution in [0.2, 0.25) is 0 Å². The number of amides is 2. The number of likely N-dealkylation sites (N-methyl/N-ethyl adjacent to an activating group) is 2. The van der Waals surface area contributed by atoms with Crippen LogP contribution in [0.15, 0.2) is 42.0 Å². The third-order valence-corrected chi connectivity index (χ3v) is 7.47. The van der Waals surface area contributed by atoms with Gasteiger partial charge in [0.25, 0.3) is 0 Å². The van der Waals surface area contributed by atoms with Crippen molar-refractivity contribution < 1.29 is 19.5 Å². The van der Waals surface area contributed by atoms with Crippen LogP contribution in [0.1, 0.15) is 80.7 Å². The third kappa shape index (κ3) is 7.91. The van der Waals surface area contributed by atoms with E-state index in [9.17, 15) is 19.5 Å². The van der Waals surface area contributed by atoms with Gasteiger partial charge >= 0.3 is 5.97 Å². The summed E-state index contributed by atoms with van der Waals surface area (Å²) < 4.78 is 0. The van der Waals surface area contributed by atoms with Crippen LogP contribution < -0.4 is 10.6 Å². The molecule has 0 saturated heterocycles. The Labute approximate surface area is 224 Å². The summed E-state index contributed by atoms with van der Waals surface area (Å²) in [5, 5.41) is 15.9. The van der Waals surface area contributed by atoms with Crippen LogP contribution in [0.25, 0.3) is 0 Å². The van der Waals surface area contributed by atoms with Gasteiger partial charge in [-0.2, -0.15) is 0 Å². The molecule has 208 valence electrons. The van der Waals surface area contributed by atoms with Gasteiger partial charge in [0, 0.05) is 18.0 Å². The number of nitrogens with one attached hydrogen (secondary N) is 2. The zero-order chi connectivity index (χ0) is 28.6. The molecule has 3 atom stereocenters. The van der Waals surface area contributed by atoms with Crippen molar-refractivity contribution in [2.75, 3.05) is 13.6 Å². The van der Waals surface area contributed by atoms with E-state index in [-0.39, 0.29) is 23.3 Å². The van der Waals surface area contributed by atoms with Crippen molar-refractivity contribution in [1.82, 2.24) is 15.5 Å². The molecule has 7 nitrogen and oxygen atoms in total. The van der Waals surface area contributed by atoms with E-state index >= 15 is 0 Å². The van der Waals surface area contributed by atoms with Crippen molar-refractivity contribution in [2.45, 2.75) is 98.7 Å². The average molecular weight is 516 g/mol. The van der Waals surface area contributed by atoms with Crippen molar-refractivity contribution in [3.63, 3.8) is 0 Å². The second-order valence-corrected chi connectivity index (χ2v) is 11.4. The van der Waals surface area contributed by atoms with Crippen molar-refractivity contribution in [3.05, 3.63) is 47.5 Å². The molecule has 0 aliphatic carbocycles. The Balaban J connectivity index is 3.46. The molecule has 0 saturated carbocycles. The van der Waals surface area contributed by atoms with Crippen LogP contribution in [0.4, 0.5) is 0 Å². The Morgan fingerprint density at radius 1 is 1.00 bits per heavy atom. The van der Waals surface area contributed by atoms with Gasteiger partial charge in [0.05, 0.1) is 12.1 Å². The molecule has 0 fully saturated rings. The first-order valence-corrected chi connectivity index (χ1v) is 13.4. The lowest BCUT2D eigenvalue weighted by molar-refractivity contribution is -0.141. The molecule has 37 heavy (non-hydrogen) atoms. The van der Waals surface area contributed by atoms with Crippen LogP contribution >= 0.6 is 0 Å². The van der Waals surface area contributed by atoms with E-state index in [0.29, 0.717) is 6.54 Å². The predicted octanol–water partition coefficient (Wildman–Crippen LogP) is 4.77. The first-order chi connectivity index (χ1) is 17.2. The van der Waals surface area contributed by atoms with Gasteiger partial charge in [-0.15, -0.1) is 0 Å². The number of rotatable bonds is 13. The quantitative estimate of drug-likeness (QED) is 0.329. The summed E-state index contributed by atoms with van der Waals surface area (Å²) in [6, 6.07) is 8.32. The zero-order valence-electron chi connectivity index (χ0n) is 24.5. The second kappa shape index (κ2) is 13.8. The normalized spacial score (nSPS) is 15.2. The molecular weight excluding hydrogens is 466 g/mol. The lowest BCUT2D eigenvalue weighted by atomic mass is 9.69. The van der Waals surface area contributed by atoms with Gasteiger partial charge < -0.3 is 20.6 Å². The van der Waals surface area contributed by atoms with E-state index in [2.05, 4.69) is 36.6 Å². The van der Waals surface area contributed by atoms with Crippen molar-refractivity contribution in [1.29, 1.82) is 0 Å². The number of carbonyl (C=O) groups is 3. The molecule has 1 aromatic rings. The molecule has 0 unspecified atom stereocenters. The average Bonchev–Trinajstić information content (AvgIpc) is 2.84. The third-order valence-electron chi connectivity index (χ3n) is 7.47. The van der Waals surface area contributed by atoms with Crippen LogP contribution in [0, 0.1) is 11.3 Å². The van der Waals surface area contributed by atoms with Gasteiger partial charge in [-0.1, -0.05) is 91.8 Å². The molecule has 1 rings (SSSR count). The van der Waals surface area contributed by atoms with Crippen molar-refractivity contribution >= 4 is 17.8 Å². The number of carboxylic acid groups (broad SMARTS) is 1. The monoisotopic (exact) mass is 515 g/mol. The highest BCUT2D eigenvalue weighted by Crippen LogP contribution is 2.36. The molecule has 0 radical (unpaired) electrons. The first kappa shape index (κ1) is 32.4. The van der Waals surface area contributed by atoms with Gasteiger partial charge in [0.2, 0.25) is 11.8 Å². The lowest BCUT2D eigenvalue weighted by Gasteiger charge is -2.42. The Hall–Kier alpha value is -2.67. The molecular formula is C30H49N3O4. The molecule has 0 aromatic heterocycles. The fourth-order valence-electron chi connectivity index (χ4n) is 5.05. The summed E-state index contributed by atoms with van der Waals surface area (Å²) in [5.41, 5.74) is 0.255. The molecule has 7 heteroatoms. The lowest BCUT2D eigenvalue weighted by Crippen LogP contribution is -2.63. The highest BCUT2D eigenvalue weighted by molar-refractivity contribution is 5.91. The van der Waals surface area contributed by atoms with Gasteiger partial charge in [-0.25, -0.2) is 4.79 Å². The maximum Gasteiger partial charge on any atom is 0.331 e. The minimum Gasteiger partial charge on any atom is -0.478 e. The number of benzene rings is 1. The second-order valence-electron chi connectivity index (χ2n) is 11.4. The van der Waals surface area contributed by atoms with Crippen LogP contribution in [-0.4, -0.2) is 59.5 Å². The van der Waals surface area contributed by atoms with E-state index in [4.69, 9.17) is 0 Å². The van der Waals surface area contributed by atoms with Crippen molar-refractivity contribution in [2.24, 2.45) is 11.3 Å². The largest absolute Gasteiger partial charge is 0.478 e. The molecule has 0 bridgehead atoms. The standard InChI is InChI=1S/C30H49N3O4/c1-11-30(12-2,22-17-15-14-16-18-22)24(31-13-3)26(34)32-25(29(7,8)9)27(35)33(10)23(20(4)5)19-21(6)28(36)37/h14-20,23-25,31H,11-13H2,1-10H3,(H,32,34)(H,36,37)/b21-19+/t23-,24-,25-/m1/s1. The highest BCUT2D eigenvalue weighted by atomic mass is 16.4. The van der Waals surface area contributed by atoms with E-state index in [1.54, 1.807) is 18.0 Å². The van der Waals surface area contributed by atoms with E-state index in [0.717, 1.165) is 18.4 Å². The smallest absolute Gasteiger partial charge is 0.331 e. The summed E-state index contributed by atoms with van der Waals surface area (Å²) in [6.45, 7) is 18.0. The topological polar surface area (TPSA) is 98.7 Å². The van der Waals surface area contributed by atoms with E-state index in [1.807, 2.05) is 59.7 Å². The maximum atomic E-state index is 14.0. The number of aliphatic carboxylic acids is 1. The fourth-order valence-corrected chi connectivity index (χ4v) is 5.05. The first-order valence-electron chi connectivity index (χ1n) is 13.4. The minimum absolute atomic E-state index is 0.0139. The number of nitrogens with zero attached hydrogens (tertiary/aromatic N) is 1. The Kier molecular flexibility index (Phi) is 12.0. The van der Waals surface area contributed by atoms with Crippen LogP contribution in [0.5, 0.6) is 0 Å². The Morgan fingerprint density at radius 2 is 1.54 bits per heavy atom. The van der Waals surface area contributed by atoms with Gasteiger partial charge in [0.1, 0.15) is 6.04 Å². The maximum absolute atomic E-state index is 14.0. The van der Waals surface area contributed by atoms with Gasteiger partial charge in [0.15, 0.2) is 0 Å². The molecule has 0 aliphatic rings. The molecule has 0 spiro atoms. The predicted molar refractivity (Wildman–Crippen MR) is 150 cm³/mol. The number of carbonyl (C=O) groups excluding carboxylic acids is 2. The molecule has 0 heterocycles. The summed E-state index contributed by atoms with van der Waals surface area (Å²) in [7, 11) is 1.68. The van der Waals surface area contributed by atoms with E-state index < -0.39 is 34.9 Å². The Bertz CT molecular complexity index is 930. The number of hydrogen-bond donors (Lipinski definition) is 3. The molecule has 2 amide bonds. The summed E-state index contributed by atoms with van der Waals surface area (Å²) in [5.74, 6) is -1.49. The fraction of sp³-hybridized carbons (Fsp3) is 0.633. The van der Waals surface area contributed by atoms with Gasteiger partial charge in [-0.3, -0.25) is 9.59 Å². The van der Waals surface area contributed by atoms with Crippen molar-refractivity contribution in [3.8, 4) is 0 Å². The summed E-state index contributed by atoms with van der Waals surface area (Å²) >= 11 is 0. The zero-order valence-corrected chi connectivity index (χ0v) is 24.5. The number of carboxylic acids is 1. The molecule has 0 aliphatic heterocycles. The van der Waals surface area contributed by atoms with Gasteiger partial charge in [-0.05, 0) is 43.2 Å². The minimum atomic E-state index is -1.02. The highest BCUT2D eigenvalue weighted by Gasteiger charge is 2.44. The van der Waals surface area contributed by atoms with E-state index in [1.165, 1.54) is 6.92 Å². The molecule has 1 aromatic carbocycles. The van der Waals surface area contributed by atoms with Crippen LogP contribution in [-0.2, 0) is 19.8 Å². The summed E-state index contributed by atoms with van der Waals surface area (Å²) in [4.78, 5) is 40.9. The van der Waals surface area contributed by atoms with Crippen LogP contribution in [0.3, 0.4) is 0 Å². The molecule has 3 N–H and O–H groups in total. The summed E-state index contributed by atoms with van der Waals surface area (Å²) in [6.07, 6.45) is 3.12. The number of hydrogen-bond acceptors (Lipinski definition) is 4.